The number of carbonyl (C=O) groups is 3. The number of esters is 2. The Balaban J connectivity index is 2.34. The summed E-state index contributed by atoms with van der Waals surface area (Å²) in [6.45, 7) is 5.63. The molecule has 0 radical (unpaired) electrons. The zero-order valence-corrected chi connectivity index (χ0v) is 12.2. The highest BCUT2D eigenvalue weighted by atomic mass is 16.6. The molecule has 20 heavy (non-hydrogen) atoms. The smallest absolute Gasteiger partial charge is 0.323 e. The first kappa shape index (κ1) is 14.8. The predicted octanol–water partition coefficient (Wildman–Crippen LogP) is 1.80. The lowest BCUT2D eigenvalue weighted by atomic mass is 9.83. The molecule has 5 nitrogen and oxygen atoms in total. The lowest BCUT2D eigenvalue weighted by Gasteiger charge is -2.24. The Bertz CT molecular complexity index is 470. The molecule has 1 unspecified atom stereocenters. The molecular formula is C15H20O5. The molecule has 0 N–H and O–H groups in total. The van der Waals surface area contributed by atoms with E-state index in [-0.39, 0.29) is 31.3 Å². The lowest BCUT2D eigenvalue weighted by Crippen LogP contribution is -2.40. The summed E-state index contributed by atoms with van der Waals surface area (Å²) in [4.78, 5) is 36.2. The third-order valence-electron chi connectivity index (χ3n) is 4.24. The minimum Gasteiger partial charge on any atom is -0.465 e. The minimum atomic E-state index is -1.26. The zero-order chi connectivity index (χ0) is 14.9. The highest BCUT2D eigenvalue weighted by Crippen LogP contribution is 2.52. The van der Waals surface area contributed by atoms with Gasteiger partial charge in [0.1, 0.15) is 0 Å². The fourth-order valence-corrected chi connectivity index (χ4v) is 3.21. The third-order valence-corrected chi connectivity index (χ3v) is 4.24. The van der Waals surface area contributed by atoms with E-state index in [0.717, 1.165) is 5.57 Å². The van der Waals surface area contributed by atoms with Gasteiger partial charge < -0.3 is 9.47 Å². The van der Waals surface area contributed by atoms with Crippen LogP contribution in [-0.4, -0.2) is 30.9 Å². The second-order valence-corrected chi connectivity index (χ2v) is 5.38. The highest BCUT2D eigenvalue weighted by Gasteiger charge is 2.57. The number of hydrogen-bond donors (Lipinski definition) is 0. The Morgan fingerprint density at radius 1 is 1.20 bits per heavy atom. The Kier molecular flexibility index (Phi) is 3.97. The standard InChI is InChI=1S/C15H20O5/c1-4-19-13(17)15(14(18)20-5-2)7-10-6-12(16)9(3)11(10)8-15/h10H,4-8H2,1-3H3. The van der Waals surface area contributed by atoms with Gasteiger partial charge in [-0.2, -0.15) is 0 Å². The van der Waals surface area contributed by atoms with Crippen LogP contribution in [0.5, 0.6) is 0 Å². The van der Waals surface area contributed by atoms with Gasteiger partial charge in [0.2, 0.25) is 0 Å². The number of Topliss-reactive ketones (excluding diaryl/α,β-unsaturated/α-hetero) is 1. The second kappa shape index (κ2) is 5.38. The molecule has 0 amide bonds. The molecule has 1 atom stereocenters. The largest absolute Gasteiger partial charge is 0.465 e. The summed E-state index contributed by atoms with van der Waals surface area (Å²) in [5, 5.41) is 0. The number of hydrogen-bond acceptors (Lipinski definition) is 5. The summed E-state index contributed by atoms with van der Waals surface area (Å²) in [7, 11) is 0. The zero-order valence-electron chi connectivity index (χ0n) is 12.2. The Hall–Kier alpha value is -1.65. The van der Waals surface area contributed by atoms with E-state index in [9.17, 15) is 14.4 Å². The van der Waals surface area contributed by atoms with Crippen LogP contribution in [0.4, 0.5) is 0 Å². The van der Waals surface area contributed by atoms with Gasteiger partial charge in [-0.1, -0.05) is 5.57 Å². The average molecular weight is 280 g/mol. The first-order valence-electron chi connectivity index (χ1n) is 7.03. The molecule has 0 aromatic heterocycles. The van der Waals surface area contributed by atoms with Crippen molar-refractivity contribution in [3.63, 3.8) is 0 Å². The van der Waals surface area contributed by atoms with Gasteiger partial charge in [-0.05, 0) is 45.1 Å². The monoisotopic (exact) mass is 280 g/mol. The average Bonchev–Trinajstić information content (AvgIpc) is 2.89. The molecule has 2 aliphatic rings. The fraction of sp³-hybridized carbons (Fsp3) is 0.667. The molecule has 0 aromatic carbocycles. The summed E-state index contributed by atoms with van der Waals surface area (Å²) in [5.74, 6) is -0.955. The molecule has 0 spiro atoms. The topological polar surface area (TPSA) is 69.7 Å². The normalized spacial score (nSPS) is 23.8. The first-order valence-corrected chi connectivity index (χ1v) is 7.03. The lowest BCUT2D eigenvalue weighted by molar-refractivity contribution is -0.171. The van der Waals surface area contributed by atoms with Crippen LogP contribution in [0.25, 0.3) is 0 Å². The van der Waals surface area contributed by atoms with Gasteiger partial charge in [-0.15, -0.1) is 0 Å². The van der Waals surface area contributed by atoms with Crippen LogP contribution in [0, 0.1) is 11.3 Å². The molecule has 1 fully saturated rings. The van der Waals surface area contributed by atoms with E-state index in [0.29, 0.717) is 18.4 Å². The van der Waals surface area contributed by atoms with E-state index < -0.39 is 17.4 Å². The Morgan fingerprint density at radius 2 is 1.75 bits per heavy atom. The van der Waals surface area contributed by atoms with E-state index in [4.69, 9.17) is 9.47 Å². The number of carbonyl (C=O) groups excluding carboxylic acids is 3. The van der Waals surface area contributed by atoms with Crippen molar-refractivity contribution < 1.29 is 23.9 Å². The van der Waals surface area contributed by atoms with E-state index >= 15 is 0 Å². The van der Waals surface area contributed by atoms with Crippen LogP contribution in [0.2, 0.25) is 0 Å². The van der Waals surface area contributed by atoms with Crippen LogP contribution >= 0.6 is 0 Å². The SMILES string of the molecule is CCOC(=O)C1(C(=O)OCC)CC2=C(C)C(=O)CC2C1. The summed E-state index contributed by atoms with van der Waals surface area (Å²) in [5.41, 5.74) is 0.370. The maximum absolute atomic E-state index is 12.3. The van der Waals surface area contributed by atoms with Gasteiger partial charge >= 0.3 is 11.9 Å². The van der Waals surface area contributed by atoms with Crippen molar-refractivity contribution in [2.75, 3.05) is 13.2 Å². The number of ketones is 1. The predicted molar refractivity (Wildman–Crippen MR) is 70.7 cm³/mol. The van der Waals surface area contributed by atoms with Crippen molar-refractivity contribution in [3.05, 3.63) is 11.1 Å². The highest BCUT2D eigenvalue weighted by molar-refractivity contribution is 6.04. The van der Waals surface area contributed by atoms with Gasteiger partial charge in [-0.3, -0.25) is 14.4 Å². The van der Waals surface area contributed by atoms with Gasteiger partial charge in [-0.25, -0.2) is 0 Å². The van der Waals surface area contributed by atoms with Crippen LogP contribution in [-0.2, 0) is 23.9 Å². The molecule has 5 heteroatoms. The van der Waals surface area contributed by atoms with Gasteiger partial charge in [0.25, 0.3) is 0 Å². The molecule has 110 valence electrons. The quantitative estimate of drug-likeness (QED) is 0.580. The summed E-state index contributed by atoms with van der Waals surface area (Å²) >= 11 is 0. The fourth-order valence-electron chi connectivity index (χ4n) is 3.21. The van der Waals surface area contributed by atoms with Crippen molar-refractivity contribution in [2.45, 2.75) is 40.0 Å². The molecule has 2 aliphatic carbocycles. The molecule has 0 heterocycles. The van der Waals surface area contributed by atoms with Gasteiger partial charge in [0.15, 0.2) is 11.2 Å². The summed E-state index contributed by atoms with van der Waals surface area (Å²) < 4.78 is 10.2. The van der Waals surface area contributed by atoms with Crippen LogP contribution in [0.1, 0.15) is 40.0 Å². The van der Waals surface area contributed by atoms with Crippen molar-refractivity contribution in [1.29, 1.82) is 0 Å². The van der Waals surface area contributed by atoms with Crippen molar-refractivity contribution in [2.24, 2.45) is 11.3 Å². The van der Waals surface area contributed by atoms with E-state index in [1.165, 1.54) is 0 Å². The van der Waals surface area contributed by atoms with Gasteiger partial charge in [0, 0.05) is 6.42 Å². The van der Waals surface area contributed by atoms with Gasteiger partial charge in [0.05, 0.1) is 13.2 Å². The summed E-state index contributed by atoms with van der Waals surface area (Å²) in [6.07, 6.45) is 0.970. The van der Waals surface area contributed by atoms with Crippen LogP contribution in [0.3, 0.4) is 0 Å². The molecule has 0 aromatic rings. The van der Waals surface area contributed by atoms with E-state index in [1.807, 2.05) is 0 Å². The molecule has 0 aliphatic heterocycles. The molecule has 1 saturated carbocycles. The van der Waals surface area contributed by atoms with Crippen molar-refractivity contribution in [3.8, 4) is 0 Å². The second-order valence-electron chi connectivity index (χ2n) is 5.38. The first-order chi connectivity index (χ1) is 9.46. The van der Waals surface area contributed by atoms with Crippen molar-refractivity contribution >= 4 is 17.7 Å². The van der Waals surface area contributed by atoms with Crippen LogP contribution < -0.4 is 0 Å². The Labute approximate surface area is 118 Å². The Morgan fingerprint density at radius 3 is 2.20 bits per heavy atom. The minimum absolute atomic E-state index is 0.0173. The maximum Gasteiger partial charge on any atom is 0.323 e. The van der Waals surface area contributed by atoms with Crippen LogP contribution in [0.15, 0.2) is 11.1 Å². The molecule has 0 saturated heterocycles. The van der Waals surface area contributed by atoms with E-state index in [1.54, 1.807) is 20.8 Å². The number of allylic oxidation sites excluding steroid dienone is 2. The third kappa shape index (κ3) is 2.15. The maximum atomic E-state index is 12.3. The number of rotatable bonds is 4. The molecular weight excluding hydrogens is 260 g/mol. The number of ether oxygens (including phenoxy) is 2. The van der Waals surface area contributed by atoms with E-state index in [2.05, 4.69) is 0 Å². The molecule has 0 bridgehead atoms. The van der Waals surface area contributed by atoms with Crippen molar-refractivity contribution in [1.82, 2.24) is 0 Å². The molecule has 2 rings (SSSR count). The summed E-state index contributed by atoms with van der Waals surface area (Å²) in [6, 6.07) is 0. The number of fused-ring (bicyclic) bond motifs is 1.